The zero-order chi connectivity index (χ0) is 7.56. The first-order valence-electron chi connectivity index (χ1n) is 3.08. The van der Waals surface area contributed by atoms with Gasteiger partial charge in [-0.3, -0.25) is 0 Å². The van der Waals surface area contributed by atoms with Gasteiger partial charge in [-0.25, -0.2) is 0 Å². The summed E-state index contributed by atoms with van der Waals surface area (Å²) < 4.78 is 0. The molecule has 0 radical (unpaired) electrons. The van der Waals surface area contributed by atoms with Gasteiger partial charge in [-0.2, -0.15) is 0 Å². The fourth-order valence-corrected chi connectivity index (χ4v) is 1.19. The summed E-state index contributed by atoms with van der Waals surface area (Å²) in [6.45, 7) is 2.03. The molecule has 0 unspecified atom stereocenters. The lowest BCUT2D eigenvalue weighted by atomic mass is 10.2. The third-order valence-electron chi connectivity index (χ3n) is 1.32. The Morgan fingerprint density at radius 1 is 1.40 bits per heavy atom. The van der Waals surface area contributed by atoms with Crippen LogP contribution in [0, 0.1) is 0 Å². The minimum absolute atomic E-state index is 0.648. The molecule has 0 heterocycles. The summed E-state index contributed by atoms with van der Waals surface area (Å²) in [6, 6.07) is 0. The smallest absolute Gasteiger partial charge is 0.0554 e. The second-order valence-corrected chi connectivity index (χ2v) is 3.17. The van der Waals surface area contributed by atoms with Crippen molar-refractivity contribution < 1.29 is 0 Å². The standard InChI is InChI=1S/C8H8Cl2/c1-6-3-2-4-7(9)8(10)5-6/h2-4H,5H2,1H3. The van der Waals surface area contributed by atoms with Gasteiger partial charge in [-0.05, 0) is 13.0 Å². The first-order valence-corrected chi connectivity index (χ1v) is 3.84. The molecule has 1 aliphatic carbocycles. The summed E-state index contributed by atoms with van der Waals surface area (Å²) in [5.74, 6) is 0. The lowest BCUT2D eigenvalue weighted by molar-refractivity contribution is 1.19. The van der Waals surface area contributed by atoms with Crippen LogP contribution in [0.25, 0.3) is 0 Å². The zero-order valence-electron chi connectivity index (χ0n) is 5.70. The Morgan fingerprint density at radius 2 is 2.10 bits per heavy atom. The molecule has 54 valence electrons. The Bertz CT molecular complexity index is 221. The van der Waals surface area contributed by atoms with Gasteiger partial charge in [-0.15, -0.1) is 0 Å². The van der Waals surface area contributed by atoms with E-state index in [1.54, 1.807) is 6.08 Å². The molecule has 0 atom stereocenters. The van der Waals surface area contributed by atoms with Crippen LogP contribution >= 0.6 is 23.2 Å². The van der Waals surface area contributed by atoms with E-state index in [9.17, 15) is 0 Å². The van der Waals surface area contributed by atoms with Crippen molar-refractivity contribution in [3.63, 3.8) is 0 Å². The summed E-state index contributed by atoms with van der Waals surface area (Å²) in [4.78, 5) is 0. The van der Waals surface area contributed by atoms with Crippen molar-refractivity contribution >= 4 is 23.2 Å². The van der Waals surface area contributed by atoms with Crippen LogP contribution in [0.3, 0.4) is 0 Å². The molecular weight excluding hydrogens is 167 g/mol. The van der Waals surface area contributed by atoms with Crippen molar-refractivity contribution in [2.45, 2.75) is 13.3 Å². The van der Waals surface area contributed by atoms with Crippen molar-refractivity contribution in [1.82, 2.24) is 0 Å². The van der Waals surface area contributed by atoms with Crippen LogP contribution in [0.4, 0.5) is 0 Å². The van der Waals surface area contributed by atoms with Gasteiger partial charge in [0.2, 0.25) is 0 Å². The number of allylic oxidation sites excluding steroid dienone is 6. The van der Waals surface area contributed by atoms with E-state index in [-0.39, 0.29) is 0 Å². The molecule has 0 amide bonds. The molecule has 0 spiro atoms. The van der Waals surface area contributed by atoms with Crippen LogP contribution in [-0.4, -0.2) is 0 Å². The molecule has 0 aromatic rings. The molecule has 10 heavy (non-hydrogen) atoms. The third-order valence-corrected chi connectivity index (χ3v) is 2.10. The Balaban J connectivity index is 2.90. The maximum absolute atomic E-state index is 5.82. The minimum Gasteiger partial charge on any atom is -0.0872 e. The normalized spacial score (nSPS) is 18.9. The van der Waals surface area contributed by atoms with E-state index >= 15 is 0 Å². The Labute approximate surface area is 70.8 Å². The monoisotopic (exact) mass is 174 g/mol. The van der Waals surface area contributed by atoms with Crippen molar-refractivity contribution in [3.05, 3.63) is 33.9 Å². The first-order chi connectivity index (χ1) is 4.70. The number of hydrogen-bond acceptors (Lipinski definition) is 0. The van der Waals surface area contributed by atoms with E-state index in [1.165, 1.54) is 5.57 Å². The lowest BCUT2D eigenvalue weighted by Crippen LogP contribution is -1.76. The second kappa shape index (κ2) is 3.27. The van der Waals surface area contributed by atoms with E-state index in [0.717, 1.165) is 11.5 Å². The fourth-order valence-electron chi connectivity index (χ4n) is 0.775. The highest BCUT2D eigenvalue weighted by Crippen LogP contribution is 2.24. The van der Waals surface area contributed by atoms with Crippen molar-refractivity contribution in [2.24, 2.45) is 0 Å². The molecule has 1 rings (SSSR count). The van der Waals surface area contributed by atoms with E-state index in [0.29, 0.717) is 5.03 Å². The van der Waals surface area contributed by atoms with Crippen LogP contribution in [0.2, 0.25) is 0 Å². The van der Waals surface area contributed by atoms with Gasteiger partial charge in [-0.1, -0.05) is 40.9 Å². The van der Waals surface area contributed by atoms with Crippen LogP contribution in [-0.2, 0) is 0 Å². The van der Waals surface area contributed by atoms with Gasteiger partial charge in [0.05, 0.1) is 5.03 Å². The molecule has 0 aromatic heterocycles. The quantitative estimate of drug-likeness (QED) is 0.527. The third kappa shape index (κ3) is 1.89. The van der Waals surface area contributed by atoms with E-state index in [4.69, 9.17) is 23.2 Å². The van der Waals surface area contributed by atoms with Gasteiger partial charge in [0.25, 0.3) is 0 Å². The fraction of sp³-hybridized carbons (Fsp3) is 0.250. The first kappa shape index (κ1) is 7.90. The van der Waals surface area contributed by atoms with Crippen LogP contribution in [0.1, 0.15) is 13.3 Å². The predicted octanol–water partition coefficient (Wildman–Crippen LogP) is 3.58. The summed E-state index contributed by atoms with van der Waals surface area (Å²) in [5.41, 5.74) is 1.23. The molecule has 2 heteroatoms. The lowest BCUT2D eigenvalue weighted by Gasteiger charge is -1.96. The number of rotatable bonds is 0. The van der Waals surface area contributed by atoms with Crippen LogP contribution < -0.4 is 0 Å². The topological polar surface area (TPSA) is 0 Å². The van der Waals surface area contributed by atoms with Crippen molar-refractivity contribution in [2.75, 3.05) is 0 Å². The van der Waals surface area contributed by atoms with Gasteiger partial charge in [0.1, 0.15) is 0 Å². The predicted molar refractivity (Wildman–Crippen MR) is 46.2 cm³/mol. The van der Waals surface area contributed by atoms with E-state index in [1.807, 2.05) is 19.1 Å². The molecule has 0 aromatic carbocycles. The molecule has 0 aliphatic heterocycles. The summed E-state index contributed by atoms with van der Waals surface area (Å²) >= 11 is 11.6. The molecule has 0 saturated heterocycles. The zero-order valence-corrected chi connectivity index (χ0v) is 7.21. The van der Waals surface area contributed by atoms with Gasteiger partial charge in [0.15, 0.2) is 0 Å². The molecule has 1 aliphatic rings. The highest BCUT2D eigenvalue weighted by molar-refractivity contribution is 6.40. The Hall–Kier alpha value is -0.200. The maximum Gasteiger partial charge on any atom is 0.0554 e. The summed E-state index contributed by atoms with van der Waals surface area (Å²) in [5, 5.41) is 1.37. The van der Waals surface area contributed by atoms with Crippen LogP contribution in [0.5, 0.6) is 0 Å². The number of halogens is 2. The molecular formula is C8H8Cl2. The maximum atomic E-state index is 5.82. The average Bonchev–Trinajstić information content (AvgIpc) is 1.96. The molecule has 0 N–H and O–H groups in total. The molecule has 0 bridgehead atoms. The Kier molecular flexibility index (Phi) is 2.58. The molecule has 0 nitrogen and oxygen atoms in total. The summed E-state index contributed by atoms with van der Waals surface area (Å²) in [6.07, 6.45) is 6.50. The SMILES string of the molecule is CC1=CC=CC(Cl)=C(Cl)C1. The van der Waals surface area contributed by atoms with E-state index < -0.39 is 0 Å². The summed E-state index contributed by atoms with van der Waals surface area (Å²) in [7, 11) is 0. The molecule has 0 fully saturated rings. The second-order valence-electron chi connectivity index (χ2n) is 2.30. The van der Waals surface area contributed by atoms with Crippen molar-refractivity contribution in [3.8, 4) is 0 Å². The van der Waals surface area contributed by atoms with Crippen LogP contribution in [0.15, 0.2) is 33.9 Å². The number of hydrogen-bond donors (Lipinski definition) is 0. The van der Waals surface area contributed by atoms with Gasteiger partial charge in [0, 0.05) is 11.5 Å². The Morgan fingerprint density at radius 3 is 2.80 bits per heavy atom. The largest absolute Gasteiger partial charge is 0.0872 e. The highest BCUT2D eigenvalue weighted by atomic mass is 35.5. The van der Waals surface area contributed by atoms with Gasteiger partial charge < -0.3 is 0 Å². The average molecular weight is 175 g/mol. The minimum atomic E-state index is 0.648. The van der Waals surface area contributed by atoms with E-state index in [2.05, 4.69) is 0 Å². The highest BCUT2D eigenvalue weighted by Gasteiger charge is 2.01. The van der Waals surface area contributed by atoms with Crippen molar-refractivity contribution in [1.29, 1.82) is 0 Å². The van der Waals surface area contributed by atoms with Gasteiger partial charge >= 0.3 is 0 Å². The molecule has 0 saturated carbocycles.